The monoisotopic (exact) mass is 257 g/mol. The molecule has 1 aliphatic heterocycles. The molecule has 0 aromatic rings. The zero-order valence-corrected chi connectivity index (χ0v) is 11.7. The molecule has 0 radical (unpaired) electrons. The quantitative estimate of drug-likeness (QED) is 0.621. The number of hydrogen-bond acceptors (Lipinski definition) is 5. The Hall–Kier alpha value is -1.14. The van der Waals surface area contributed by atoms with Crippen molar-refractivity contribution in [2.45, 2.75) is 13.0 Å². The predicted octanol–water partition coefficient (Wildman–Crippen LogP) is -0.746. The van der Waals surface area contributed by atoms with Crippen LogP contribution >= 0.6 is 0 Å². The molecule has 0 saturated carbocycles. The molecule has 0 bridgehead atoms. The van der Waals surface area contributed by atoms with Gasteiger partial charge in [0.15, 0.2) is 0 Å². The van der Waals surface area contributed by atoms with Crippen molar-refractivity contribution >= 4 is 11.9 Å². The highest BCUT2D eigenvalue weighted by Crippen LogP contribution is 2.07. The molecule has 104 valence electrons. The van der Waals surface area contributed by atoms with E-state index in [0.29, 0.717) is 6.54 Å². The Labute approximate surface area is 108 Å². The molecule has 18 heavy (non-hydrogen) atoms. The number of carbonyl (C=O) groups excluding carboxylic acids is 2. The van der Waals surface area contributed by atoms with Crippen molar-refractivity contribution in [2.24, 2.45) is 0 Å². The maximum Gasteiger partial charge on any atom is 0.322 e. The molecule has 1 fully saturated rings. The van der Waals surface area contributed by atoms with Gasteiger partial charge in [0.25, 0.3) is 0 Å². The molecule has 1 amide bonds. The molecule has 0 aliphatic carbocycles. The van der Waals surface area contributed by atoms with Gasteiger partial charge in [0.1, 0.15) is 6.04 Å². The van der Waals surface area contributed by atoms with Crippen molar-refractivity contribution in [1.29, 1.82) is 0 Å². The van der Waals surface area contributed by atoms with Crippen molar-refractivity contribution in [3.8, 4) is 0 Å². The van der Waals surface area contributed by atoms with Crippen LogP contribution in [0.4, 0.5) is 0 Å². The predicted molar refractivity (Wildman–Crippen MR) is 68.2 cm³/mol. The van der Waals surface area contributed by atoms with Gasteiger partial charge in [-0.3, -0.25) is 19.4 Å². The lowest BCUT2D eigenvalue weighted by atomic mass is 10.2. The van der Waals surface area contributed by atoms with Crippen molar-refractivity contribution in [1.82, 2.24) is 14.7 Å². The van der Waals surface area contributed by atoms with E-state index in [4.69, 9.17) is 4.74 Å². The Kier molecular flexibility index (Phi) is 5.55. The topological polar surface area (TPSA) is 53.1 Å². The molecule has 1 heterocycles. The number of likely N-dealkylation sites (N-methyl/N-ethyl adjacent to an activating group) is 1. The van der Waals surface area contributed by atoms with Gasteiger partial charge in [0, 0.05) is 40.3 Å². The molecule has 0 aromatic heterocycles. The van der Waals surface area contributed by atoms with Gasteiger partial charge in [0.05, 0.1) is 13.7 Å². The number of hydrogen-bond donors (Lipinski definition) is 0. The third-order valence-corrected chi connectivity index (χ3v) is 3.35. The van der Waals surface area contributed by atoms with Gasteiger partial charge in [-0.15, -0.1) is 0 Å². The first kappa shape index (κ1) is 14.9. The Balaban J connectivity index is 2.37. The Morgan fingerprint density at radius 3 is 2.22 bits per heavy atom. The molecule has 0 N–H and O–H groups in total. The zero-order valence-electron chi connectivity index (χ0n) is 11.7. The van der Waals surface area contributed by atoms with E-state index in [-0.39, 0.29) is 17.9 Å². The second-order valence-electron chi connectivity index (χ2n) is 4.80. The van der Waals surface area contributed by atoms with Crippen LogP contribution in [0.1, 0.15) is 6.92 Å². The van der Waals surface area contributed by atoms with Crippen LogP contribution in [-0.2, 0) is 14.3 Å². The summed E-state index contributed by atoms with van der Waals surface area (Å²) in [6.07, 6.45) is 0. The summed E-state index contributed by atoms with van der Waals surface area (Å²) < 4.78 is 4.73. The molecule has 1 atom stereocenters. The van der Waals surface area contributed by atoms with Crippen LogP contribution in [0.5, 0.6) is 0 Å². The van der Waals surface area contributed by atoms with Gasteiger partial charge >= 0.3 is 5.97 Å². The van der Waals surface area contributed by atoms with Crippen molar-refractivity contribution in [3.63, 3.8) is 0 Å². The molecule has 1 rings (SSSR count). The van der Waals surface area contributed by atoms with E-state index < -0.39 is 0 Å². The lowest BCUT2D eigenvalue weighted by molar-refractivity contribution is -0.147. The van der Waals surface area contributed by atoms with E-state index in [9.17, 15) is 9.59 Å². The lowest BCUT2D eigenvalue weighted by Crippen LogP contribution is -2.53. The number of piperazine rings is 1. The number of rotatable bonds is 4. The van der Waals surface area contributed by atoms with E-state index in [0.717, 1.165) is 26.2 Å². The van der Waals surface area contributed by atoms with Gasteiger partial charge in [0.2, 0.25) is 5.91 Å². The van der Waals surface area contributed by atoms with Gasteiger partial charge in [-0.2, -0.15) is 0 Å². The van der Waals surface area contributed by atoms with Crippen molar-refractivity contribution < 1.29 is 14.3 Å². The van der Waals surface area contributed by atoms with Gasteiger partial charge in [-0.25, -0.2) is 0 Å². The number of nitrogens with zero attached hydrogens (tertiary/aromatic N) is 3. The van der Waals surface area contributed by atoms with Crippen molar-refractivity contribution in [2.75, 3.05) is 53.9 Å². The number of ether oxygens (including phenoxy) is 1. The van der Waals surface area contributed by atoms with Gasteiger partial charge in [-0.05, 0) is 6.92 Å². The molecule has 0 unspecified atom stereocenters. The molecule has 6 heteroatoms. The Bertz CT molecular complexity index is 299. The summed E-state index contributed by atoms with van der Waals surface area (Å²) >= 11 is 0. The highest BCUT2D eigenvalue weighted by Gasteiger charge is 2.26. The minimum atomic E-state index is -0.207. The molecule has 6 nitrogen and oxygen atoms in total. The smallest absolute Gasteiger partial charge is 0.322 e. The Morgan fingerprint density at radius 1 is 1.22 bits per heavy atom. The van der Waals surface area contributed by atoms with Crippen LogP contribution in [-0.4, -0.2) is 86.5 Å². The lowest BCUT2D eigenvalue weighted by Gasteiger charge is -2.36. The summed E-state index contributed by atoms with van der Waals surface area (Å²) in [6, 6.07) is -0.207. The fraction of sp³-hybridized carbons (Fsp3) is 0.833. The maximum atomic E-state index is 11.6. The molecule has 1 aliphatic rings. The maximum absolute atomic E-state index is 11.6. The highest BCUT2D eigenvalue weighted by atomic mass is 16.5. The molecule has 0 aromatic carbocycles. The second-order valence-corrected chi connectivity index (χ2v) is 4.80. The average molecular weight is 257 g/mol. The summed E-state index contributed by atoms with van der Waals surface area (Å²) in [5, 5.41) is 0. The summed E-state index contributed by atoms with van der Waals surface area (Å²) in [5.41, 5.74) is 0. The third-order valence-electron chi connectivity index (χ3n) is 3.35. The van der Waals surface area contributed by atoms with E-state index in [1.165, 1.54) is 7.11 Å². The van der Waals surface area contributed by atoms with Crippen LogP contribution < -0.4 is 0 Å². The van der Waals surface area contributed by atoms with Gasteiger partial charge < -0.3 is 9.64 Å². The standard InChI is InChI=1S/C12H23N3O3/c1-10(12(17)18-4)15-7-5-14(6-8-15)9-11(16)13(2)3/h10H,5-9H2,1-4H3/t10-/m0/s1. The first-order valence-corrected chi connectivity index (χ1v) is 6.20. The number of esters is 1. The first-order chi connectivity index (χ1) is 8.45. The molecular weight excluding hydrogens is 234 g/mol. The third kappa shape index (κ3) is 3.96. The van der Waals surface area contributed by atoms with E-state index in [2.05, 4.69) is 9.80 Å². The SMILES string of the molecule is COC(=O)[C@H](C)N1CCN(CC(=O)N(C)C)CC1. The number of carbonyl (C=O) groups is 2. The summed E-state index contributed by atoms with van der Waals surface area (Å²) in [4.78, 5) is 28.8. The van der Waals surface area contributed by atoms with Crippen LogP contribution in [0.25, 0.3) is 0 Å². The average Bonchev–Trinajstić information content (AvgIpc) is 2.37. The summed E-state index contributed by atoms with van der Waals surface area (Å²) in [5.74, 6) is -0.0858. The minimum Gasteiger partial charge on any atom is -0.468 e. The fourth-order valence-corrected chi connectivity index (χ4v) is 1.96. The number of methoxy groups -OCH3 is 1. The van der Waals surface area contributed by atoms with Crippen molar-refractivity contribution in [3.05, 3.63) is 0 Å². The second kappa shape index (κ2) is 6.70. The molecule has 1 saturated heterocycles. The van der Waals surface area contributed by atoms with E-state index in [1.54, 1.807) is 19.0 Å². The Morgan fingerprint density at radius 2 is 1.78 bits per heavy atom. The largest absolute Gasteiger partial charge is 0.468 e. The normalized spacial score (nSPS) is 19.3. The van der Waals surface area contributed by atoms with Crippen LogP contribution in [0, 0.1) is 0 Å². The summed E-state index contributed by atoms with van der Waals surface area (Å²) in [7, 11) is 4.93. The minimum absolute atomic E-state index is 0.115. The molecule has 0 spiro atoms. The van der Waals surface area contributed by atoms with Crippen LogP contribution in [0.2, 0.25) is 0 Å². The highest BCUT2D eigenvalue weighted by molar-refractivity contribution is 5.77. The molecular formula is C12H23N3O3. The van der Waals surface area contributed by atoms with Gasteiger partial charge in [-0.1, -0.05) is 0 Å². The summed E-state index contributed by atoms with van der Waals surface area (Å²) in [6.45, 7) is 5.50. The van der Waals surface area contributed by atoms with Crippen LogP contribution in [0.15, 0.2) is 0 Å². The fourth-order valence-electron chi connectivity index (χ4n) is 1.96. The van der Waals surface area contributed by atoms with E-state index in [1.807, 2.05) is 6.92 Å². The van der Waals surface area contributed by atoms with Crippen LogP contribution in [0.3, 0.4) is 0 Å². The van der Waals surface area contributed by atoms with E-state index >= 15 is 0 Å². The zero-order chi connectivity index (χ0) is 13.7. The first-order valence-electron chi connectivity index (χ1n) is 6.20. The number of amides is 1.